The molecule has 1 saturated heterocycles. The van der Waals surface area contributed by atoms with Gasteiger partial charge < -0.3 is 9.47 Å². The van der Waals surface area contributed by atoms with Crippen LogP contribution in [-0.2, 0) is 4.74 Å². The topological polar surface area (TPSA) is 18.5 Å². The van der Waals surface area contributed by atoms with Crippen molar-refractivity contribution in [3.63, 3.8) is 0 Å². The summed E-state index contributed by atoms with van der Waals surface area (Å²) in [5.74, 6) is 8.31. The second-order valence-electron chi connectivity index (χ2n) is 5.09. The Morgan fingerprint density at radius 1 is 1.35 bits per heavy atom. The molecule has 0 radical (unpaired) electrons. The van der Waals surface area contributed by atoms with Gasteiger partial charge in [0.2, 0.25) is 0 Å². The zero-order valence-electron chi connectivity index (χ0n) is 12.0. The zero-order chi connectivity index (χ0) is 14.2. The smallest absolute Gasteiger partial charge is 0.122 e. The van der Waals surface area contributed by atoms with E-state index in [1.807, 2.05) is 12.1 Å². The van der Waals surface area contributed by atoms with E-state index in [-0.39, 0.29) is 0 Å². The van der Waals surface area contributed by atoms with E-state index in [0.717, 1.165) is 56.0 Å². The number of ether oxygens (including phenoxy) is 2. The van der Waals surface area contributed by atoms with E-state index in [9.17, 15) is 0 Å². The molecule has 2 nitrogen and oxygen atoms in total. The van der Waals surface area contributed by atoms with E-state index in [0.29, 0.717) is 11.8 Å². The first-order valence-electron chi connectivity index (χ1n) is 7.15. The van der Waals surface area contributed by atoms with Crippen molar-refractivity contribution in [1.82, 2.24) is 0 Å². The standard InChI is InChI=1S/C17H21ClO2/c1-14-12-15(4-2-3-9-18)5-6-17(14)20-13-16-7-10-19-11-8-16/h5-6,12,16H,3,7-11,13H2,1H3. The number of benzene rings is 1. The summed E-state index contributed by atoms with van der Waals surface area (Å²) in [7, 11) is 0. The van der Waals surface area contributed by atoms with Crippen molar-refractivity contribution in [2.24, 2.45) is 5.92 Å². The van der Waals surface area contributed by atoms with Gasteiger partial charge in [0, 0.05) is 31.1 Å². The third-order valence-electron chi connectivity index (χ3n) is 3.44. The molecule has 1 aromatic carbocycles. The molecule has 1 aliphatic rings. The molecule has 108 valence electrons. The van der Waals surface area contributed by atoms with Crippen LogP contribution in [0.1, 0.15) is 30.4 Å². The Bertz CT molecular complexity index is 481. The fraction of sp³-hybridized carbons (Fsp3) is 0.529. The number of aryl methyl sites for hydroxylation is 1. The minimum absolute atomic E-state index is 0.582. The molecule has 3 heteroatoms. The minimum atomic E-state index is 0.582. The molecule has 1 fully saturated rings. The summed E-state index contributed by atoms with van der Waals surface area (Å²) in [6.07, 6.45) is 2.92. The Morgan fingerprint density at radius 2 is 2.15 bits per heavy atom. The summed E-state index contributed by atoms with van der Waals surface area (Å²) in [4.78, 5) is 0. The lowest BCUT2D eigenvalue weighted by Crippen LogP contribution is -2.21. The van der Waals surface area contributed by atoms with Crippen molar-refractivity contribution in [3.8, 4) is 17.6 Å². The van der Waals surface area contributed by atoms with Crippen LogP contribution >= 0.6 is 11.6 Å². The van der Waals surface area contributed by atoms with Crippen LogP contribution in [0.4, 0.5) is 0 Å². The number of halogens is 1. The Kier molecular flexibility index (Phi) is 6.24. The first-order chi connectivity index (χ1) is 9.79. The Balaban J connectivity index is 1.90. The lowest BCUT2D eigenvalue weighted by molar-refractivity contribution is 0.0496. The third kappa shape index (κ3) is 4.74. The normalized spacial score (nSPS) is 15.5. The number of alkyl halides is 1. The minimum Gasteiger partial charge on any atom is -0.493 e. The summed E-state index contributed by atoms with van der Waals surface area (Å²) >= 11 is 5.61. The van der Waals surface area contributed by atoms with E-state index < -0.39 is 0 Å². The molecular weight excluding hydrogens is 272 g/mol. The first-order valence-corrected chi connectivity index (χ1v) is 7.69. The Hall–Kier alpha value is -1.17. The second kappa shape index (κ2) is 8.19. The van der Waals surface area contributed by atoms with Crippen LogP contribution in [-0.4, -0.2) is 25.7 Å². The second-order valence-corrected chi connectivity index (χ2v) is 5.47. The van der Waals surface area contributed by atoms with Gasteiger partial charge in [-0.3, -0.25) is 0 Å². The monoisotopic (exact) mass is 292 g/mol. The van der Waals surface area contributed by atoms with Crippen LogP contribution in [0.15, 0.2) is 18.2 Å². The lowest BCUT2D eigenvalue weighted by Gasteiger charge is -2.22. The van der Waals surface area contributed by atoms with E-state index in [4.69, 9.17) is 21.1 Å². The quantitative estimate of drug-likeness (QED) is 0.621. The number of hydrogen-bond acceptors (Lipinski definition) is 2. The summed E-state index contributed by atoms with van der Waals surface area (Å²) in [5.41, 5.74) is 2.15. The maximum absolute atomic E-state index is 5.93. The average Bonchev–Trinajstić information content (AvgIpc) is 2.48. The molecule has 0 N–H and O–H groups in total. The summed E-state index contributed by atoms with van der Waals surface area (Å²) < 4.78 is 11.3. The predicted molar refractivity (Wildman–Crippen MR) is 82.4 cm³/mol. The highest BCUT2D eigenvalue weighted by Gasteiger charge is 2.14. The molecule has 0 unspecified atom stereocenters. The van der Waals surface area contributed by atoms with Gasteiger partial charge in [0.15, 0.2) is 0 Å². The van der Waals surface area contributed by atoms with Gasteiger partial charge in [-0.2, -0.15) is 0 Å². The molecule has 0 saturated carbocycles. The Labute approximate surface area is 126 Å². The van der Waals surface area contributed by atoms with Crippen molar-refractivity contribution in [3.05, 3.63) is 29.3 Å². The van der Waals surface area contributed by atoms with Crippen molar-refractivity contribution in [1.29, 1.82) is 0 Å². The van der Waals surface area contributed by atoms with Crippen LogP contribution in [0.5, 0.6) is 5.75 Å². The van der Waals surface area contributed by atoms with Crippen LogP contribution in [0.25, 0.3) is 0 Å². The van der Waals surface area contributed by atoms with Crippen LogP contribution in [0, 0.1) is 24.7 Å². The van der Waals surface area contributed by atoms with Crippen molar-refractivity contribution < 1.29 is 9.47 Å². The molecular formula is C17H21ClO2. The van der Waals surface area contributed by atoms with E-state index in [1.165, 1.54) is 0 Å². The first kappa shape index (κ1) is 15.2. The van der Waals surface area contributed by atoms with Gasteiger partial charge in [0.1, 0.15) is 5.75 Å². The molecule has 1 heterocycles. The van der Waals surface area contributed by atoms with E-state index in [2.05, 4.69) is 24.8 Å². The molecule has 20 heavy (non-hydrogen) atoms. The molecule has 1 aromatic rings. The van der Waals surface area contributed by atoms with Gasteiger partial charge in [-0.25, -0.2) is 0 Å². The molecule has 0 aromatic heterocycles. The van der Waals surface area contributed by atoms with Crippen LogP contribution in [0.2, 0.25) is 0 Å². The molecule has 0 amide bonds. The summed E-state index contributed by atoms with van der Waals surface area (Å²) in [6, 6.07) is 6.09. The fourth-order valence-electron chi connectivity index (χ4n) is 2.22. The van der Waals surface area contributed by atoms with Crippen LogP contribution < -0.4 is 4.74 Å². The highest BCUT2D eigenvalue weighted by atomic mass is 35.5. The third-order valence-corrected chi connectivity index (χ3v) is 3.63. The summed E-state index contributed by atoms with van der Waals surface area (Å²) in [6.45, 7) is 4.57. The molecule has 0 bridgehead atoms. The number of rotatable bonds is 4. The van der Waals surface area contributed by atoms with Gasteiger partial charge in [-0.15, -0.1) is 11.6 Å². The zero-order valence-corrected chi connectivity index (χ0v) is 12.7. The number of hydrogen-bond donors (Lipinski definition) is 0. The average molecular weight is 293 g/mol. The van der Waals surface area contributed by atoms with Crippen LogP contribution in [0.3, 0.4) is 0 Å². The highest BCUT2D eigenvalue weighted by Crippen LogP contribution is 2.22. The fourth-order valence-corrected chi connectivity index (χ4v) is 2.32. The van der Waals surface area contributed by atoms with E-state index >= 15 is 0 Å². The van der Waals surface area contributed by atoms with Gasteiger partial charge in [0.05, 0.1) is 6.61 Å². The highest BCUT2D eigenvalue weighted by molar-refractivity contribution is 6.18. The van der Waals surface area contributed by atoms with Gasteiger partial charge in [-0.05, 0) is 49.4 Å². The maximum Gasteiger partial charge on any atom is 0.122 e. The van der Waals surface area contributed by atoms with Crippen molar-refractivity contribution in [2.75, 3.05) is 25.7 Å². The summed E-state index contributed by atoms with van der Waals surface area (Å²) in [5, 5.41) is 0. The van der Waals surface area contributed by atoms with Gasteiger partial charge >= 0.3 is 0 Å². The molecule has 2 rings (SSSR count). The van der Waals surface area contributed by atoms with Crippen molar-refractivity contribution >= 4 is 11.6 Å². The van der Waals surface area contributed by atoms with Gasteiger partial charge in [0.25, 0.3) is 0 Å². The molecule has 0 aliphatic carbocycles. The largest absolute Gasteiger partial charge is 0.493 e. The molecule has 0 atom stereocenters. The Morgan fingerprint density at radius 3 is 2.85 bits per heavy atom. The SMILES string of the molecule is Cc1cc(C#CCCCl)ccc1OCC1CCOCC1. The van der Waals surface area contributed by atoms with Gasteiger partial charge in [-0.1, -0.05) is 11.8 Å². The predicted octanol–water partition coefficient (Wildman–Crippen LogP) is 3.78. The maximum atomic E-state index is 5.93. The molecule has 0 spiro atoms. The van der Waals surface area contributed by atoms with E-state index in [1.54, 1.807) is 0 Å². The van der Waals surface area contributed by atoms with Crippen molar-refractivity contribution in [2.45, 2.75) is 26.2 Å². The lowest BCUT2D eigenvalue weighted by atomic mass is 10.0. The molecule has 1 aliphatic heterocycles.